The van der Waals surface area contributed by atoms with E-state index in [1.807, 2.05) is 37.3 Å². The number of piperazine rings is 1. The van der Waals surface area contributed by atoms with Gasteiger partial charge in [0.15, 0.2) is 0 Å². The second-order valence-corrected chi connectivity index (χ2v) is 6.51. The highest BCUT2D eigenvalue weighted by molar-refractivity contribution is 5.78. The summed E-state index contributed by atoms with van der Waals surface area (Å²) in [5.41, 5.74) is 0. The number of nitrogens with one attached hydrogen (secondary N) is 1. The number of hydrogen-bond acceptors (Lipinski definition) is 4. The summed E-state index contributed by atoms with van der Waals surface area (Å²) >= 11 is 0. The van der Waals surface area contributed by atoms with Gasteiger partial charge in [0, 0.05) is 38.8 Å². The number of carbonyl (C=O) groups is 1. The second kappa shape index (κ2) is 10.3. The fraction of sp³-hybridized carbons (Fsp3) is 0.632. The molecule has 1 amide bonds. The largest absolute Gasteiger partial charge is 0.494 e. The Bertz CT molecular complexity index is 473. The van der Waals surface area contributed by atoms with Gasteiger partial charge in [-0.1, -0.05) is 25.1 Å². The van der Waals surface area contributed by atoms with Crippen molar-refractivity contribution in [3.05, 3.63) is 30.3 Å². The van der Waals surface area contributed by atoms with Crippen LogP contribution < -0.4 is 10.1 Å². The standard InChI is InChI=1S/C19H31N3O2/c1-3-17(2)20-19(23)16-22-13-11-21(12-14-22)10-7-15-24-18-8-5-4-6-9-18/h4-6,8-9,17H,3,7,10-16H2,1-2H3,(H,20,23). The third-order valence-electron chi connectivity index (χ3n) is 4.48. The van der Waals surface area contributed by atoms with Gasteiger partial charge in [-0.15, -0.1) is 0 Å². The van der Waals surface area contributed by atoms with E-state index in [1.54, 1.807) is 0 Å². The zero-order valence-electron chi connectivity index (χ0n) is 15.0. The molecule has 1 aromatic carbocycles. The van der Waals surface area contributed by atoms with Crippen molar-refractivity contribution < 1.29 is 9.53 Å². The van der Waals surface area contributed by atoms with Crippen molar-refractivity contribution >= 4 is 5.91 Å². The van der Waals surface area contributed by atoms with E-state index >= 15 is 0 Å². The molecule has 1 fully saturated rings. The Balaban J connectivity index is 1.55. The lowest BCUT2D eigenvalue weighted by Gasteiger charge is -2.34. The Morgan fingerprint density at radius 3 is 2.50 bits per heavy atom. The molecule has 1 atom stereocenters. The van der Waals surface area contributed by atoms with Crippen molar-refractivity contribution in [2.45, 2.75) is 32.7 Å². The van der Waals surface area contributed by atoms with Crippen molar-refractivity contribution in [2.75, 3.05) is 45.9 Å². The first-order chi connectivity index (χ1) is 11.7. The SMILES string of the molecule is CCC(C)NC(=O)CN1CCN(CCCOc2ccccc2)CC1. The Hall–Kier alpha value is -1.59. The smallest absolute Gasteiger partial charge is 0.234 e. The van der Waals surface area contributed by atoms with Crippen LogP contribution in [0, 0.1) is 0 Å². The number of amides is 1. The predicted octanol–water partition coefficient (Wildman–Crippen LogP) is 1.99. The van der Waals surface area contributed by atoms with Gasteiger partial charge in [0.05, 0.1) is 13.2 Å². The van der Waals surface area contributed by atoms with Crippen molar-refractivity contribution in [3.63, 3.8) is 0 Å². The molecule has 0 radical (unpaired) electrons. The van der Waals surface area contributed by atoms with Crippen LogP contribution >= 0.6 is 0 Å². The van der Waals surface area contributed by atoms with Gasteiger partial charge in [0.1, 0.15) is 5.75 Å². The van der Waals surface area contributed by atoms with Crippen LogP contribution in [0.4, 0.5) is 0 Å². The van der Waals surface area contributed by atoms with Crippen LogP contribution in [-0.4, -0.2) is 67.6 Å². The van der Waals surface area contributed by atoms with Gasteiger partial charge >= 0.3 is 0 Å². The van der Waals surface area contributed by atoms with Gasteiger partial charge < -0.3 is 15.0 Å². The zero-order chi connectivity index (χ0) is 17.2. The third-order valence-corrected chi connectivity index (χ3v) is 4.48. The fourth-order valence-electron chi connectivity index (χ4n) is 2.79. The molecule has 1 N–H and O–H groups in total. The summed E-state index contributed by atoms with van der Waals surface area (Å²) in [5, 5.41) is 3.03. The van der Waals surface area contributed by atoms with E-state index in [4.69, 9.17) is 4.74 Å². The van der Waals surface area contributed by atoms with Gasteiger partial charge in [-0.05, 0) is 31.9 Å². The van der Waals surface area contributed by atoms with Gasteiger partial charge in [-0.2, -0.15) is 0 Å². The molecular weight excluding hydrogens is 302 g/mol. The maximum Gasteiger partial charge on any atom is 0.234 e. The highest BCUT2D eigenvalue weighted by atomic mass is 16.5. The second-order valence-electron chi connectivity index (χ2n) is 6.51. The van der Waals surface area contributed by atoms with Crippen LogP contribution in [0.1, 0.15) is 26.7 Å². The molecule has 0 spiro atoms. The average Bonchev–Trinajstić information content (AvgIpc) is 2.61. The Labute approximate surface area is 146 Å². The molecule has 1 aliphatic rings. The minimum Gasteiger partial charge on any atom is -0.494 e. The van der Waals surface area contributed by atoms with Crippen LogP contribution in [0.2, 0.25) is 0 Å². The first-order valence-corrected chi connectivity index (χ1v) is 9.09. The Morgan fingerprint density at radius 1 is 1.17 bits per heavy atom. The molecule has 2 rings (SSSR count). The minimum atomic E-state index is 0.147. The zero-order valence-corrected chi connectivity index (χ0v) is 15.0. The number of rotatable bonds is 9. The molecule has 1 heterocycles. The Morgan fingerprint density at radius 2 is 1.83 bits per heavy atom. The van der Waals surface area contributed by atoms with Crippen molar-refractivity contribution in [1.82, 2.24) is 15.1 Å². The molecule has 0 aliphatic carbocycles. The predicted molar refractivity (Wildman–Crippen MR) is 97.3 cm³/mol. The summed E-state index contributed by atoms with van der Waals surface area (Å²) in [5.74, 6) is 1.09. The van der Waals surface area contributed by atoms with Gasteiger partial charge in [0.25, 0.3) is 0 Å². The number of nitrogens with zero attached hydrogens (tertiary/aromatic N) is 2. The van der Waals surface area contributed by atoms with E-state index < -0.39 is 0 Å². The number of hydrogen-bond donors (Lipinski definition) is 1. The highest BCUT2D eigenvalue weighted by Gasteiger charge is 2.19. The van der Waals surface area contributed by atoms with Crippen molar-refractivity contribution in [2.24, 2.45) is 0 Å². The molecule has 1 saturated heterocycles. The molecule has 0 aromatic heterocycles. The fourth-order valence-corrected chi connectivity index (χ4v) is 2.79. The van der Waals surface area contributed by atoms with Gasteiger partial charge in [-0.3, -0.25) is 9.69 Å². The molecular formula is C19H31N3O2. The van der Waals surface area contributed by atoms with E-state index in [1.165, 1.54) is 0 Å². The molecule has 1 aromatic rings. The normalized spacial score (nSPS) is 17.4. The average molecular weight is 333 g/mol. The van der Waals surface area contributed by atoms with Crippen molar-refractivity contribution in [1.29, 1.82) is 0 Å². The molecule has 0 bridgehead atoms. The van der Waals surface area contributed by atoms with Gasteiger partial charge in [0.2, 0.25) is 5.91 Å². The van der Waals surface area contributed by atoms with Crippen LogP contribution in [0.3, 0.4) is 0 Å². The van der Waals surface area contributed by atoms with E-state index in [2.05, 4.69) is 22.0 Å². The number of para-hydroxylation sites is 1. The molecule has 5 heteroatoms. The lowest BCUT2D eigenvalue weighted by Crippen LogP contribution is -2.50. The molecule has 1 unspecified atom stereocenters. The quantitative estimate of drug-likeness (QED) is 0.702. The molecule has 24 heavy (non-hydrogen) atoms. The summed E-state index contributed by atoms with van der Waals surface area (Å²) in [7, 11) is 0. The van der Waals surface area contributed by atoms with E-state index in [0.717, 1.165) is 57.9 Å². The topological polar surface area (TPSA) is 44.8 Å². The molecule has 1 aliphatic heterocycles. The first kappa shape index (κ1) is 18.7. The summed E-state index contributed by atoms with van der Waals surface area (Å²) in [4.78, 5) is 16.6. The molecule has 134 valence electrons. The summed E-state index contributed by atoms with van der Waals surface area (Å²) < 4.78 is 5.73. The monoisotopic (exact) mass is 333 g/mol. The molecule has 5 nitrogen and oxygen atoms in total. The third kappa shape index (κ3) is 6.89. The summed E-state index contributed by atoms with van der Waals surface area (Å²) in [6.07, 6.45) is 2.01. The molecule has 0 saturated carbocycles. The van der Waals surface area contributed by atoms with Crippen LogP contribution in [0.15, 0.2) is 30.3 Å². The van der Waals surface area contributed by atoms with E-state index in [0.29, 0.717) is 6.54 Å². The van der Waals surface area contributed by atoms with E-state index in [-0.39, 0.29) is 11.9 Å². The Kier molecular flexibility index (Phi) is 8.05. The number of ether oxygens (including phenoxy) is 1. The number of carbonyl (C=O) groups excluding carboxylic acids is 1. The summed E-state index contributed by atoms with van der Waals surface area (Å²) in [6.45, 7) is 10.5. The maximum atomic E-state index is 11.9. The minimum absolute atomic E-state index is 0.147. The lowest BCUT2D eigenvalue weighted by atomic mass is 10.2. The number of benzene rings is 1. The van der Waals surface area contributed by atoms with Crippen LogP contribution in [0.5, 0.6) is 5.75 Å². The lowest BCUT2D eigenvalue weighted by molar-refractivity contribution is -0.123. The van der Waals surface area contributed by atoms with Crippen molar-refractivity contribution in [3.8, 4) is 5.75 Å². The first-order valence-electron chi connectivity index (χ1n) is 9.09. The highest BCUT2D eigenvalue weighted by Crippen LogP contribution is 2.09. The maximum absolute atomic E-state index is 11.9. The summed E-state index contributed by atoms with van der Waals surface area (Å²) in [6, 6.07) is 10.2. The van der Waals surface area contributed by atoms with Crippen LogP contribution in [-0.2, 0) is 4.79 Å². The van der Waals surface area contributed by atoms with E-state index in [9.17, 15) is 4.79 Å². The van der Waals surface area contributed by atoms with Crippen LogP contribution in [0.25, 0.3) is 0 Å². The van der Waals surface area contributed by atoms with Gasteiger partial charge in [-0.25, -0.2) is 0 Å².